The largest absolute Gasteiger partial charge is 0.436 e. The molecule has 0 aromatic carbocycles. The van der Waals surface area contributed by atoms with E-state index in [4.69, 9.17) is 4.74 Å². The van der Waals surface area contributed by atoms with Crippen LogP contribution in [0.4, 0.5) is 5.95 Å². The summed E-state index contributed by atoms with van der Waals surface area (Å²) in [6.45, 7) is 1.80. The summed E-state index contributed by atoms with van der Waals surface area (Å²) in [5.41, 5.74) is 0. The Kier molecular flexibility index (Phi) is 3.09. The number of hydrogen-bond acceptors (Lipinski definition) is 6. The molecular weight excluding hydrogens is 230 g/mol. The van der Waals surface area contributed by atoms with E-state index in [2.05, 4.69) is 4.98 Å². The molecule has 1 fully saturated rings. The quantitative estimate of drug-likeness (QED) is 0.562. The number of imidazole rings is 1. The molecule has 2 unspecified atom stereocenters. The highest BCUT2D eigenvalue weighted by molar-refractivity contribution is 5.09. The van der Waals surface area contributed by atoms with E-state index in [0.717, 1.165) is 4.57 Å². The molecule has 0 saturated carbocycles. The monoisotopic (exact) mass is 243 g/mol. The van der Waals surface area contributed by atoms with Crippen LogP contribution in [0.15, 0.2) is 12.4 Å². The van der Waals surface area contributed by atoms with E-state index in [1.54, 1.807) is 6.92 Å². The van der Waals surface area contributed by atoms with Gasteiger partial charge in [-0.2, -0.15) is 4.57 Å². The minimum atomic E-state index is -1.20. The molecule has 1 saturated heterocycles. The molecule has 4 atom stereocenters. The summed E-state index contributed by atoms with van der Waals surface area (Å²) in [6, 6.07) is 0. The number of aliphatic hydroxyl groups is 2. The molecule has 1 aliphatic rings. The maximum absolute atomic E-state index is 10.7. The zero-order chi connectivity index (χ0) is 12.6. The van der Waals surface area contributed by atoms with Gasteiger partial charge in [0, 0.05) is 0 Å². The van der Waals surface area contributed by atoms with Crippen LogP contribution in [0.1, 0.15) is 19.6 Å². The second-order valence-corrected chi connectivity index (χ2v) is 3.85. The molecule has 0 amide bonds. The fourth-order valence-electron chi connectivity index (χ4n) is 1.94. The molecule has 8 nitrogen and oxygen atoms in total. The molecule has 2 rings (SSSR count). The van der Waals surface area contributed by atoms with Crippen molar-refractivity contribution in [1.29, 1.82) is 0 Å². The van der Waals surface area contributed by atoms with Crippen LogP contribution in [-0.4, -0.2) is 43.0 Å². The number of rotatable bonds is 3. The Labute approximate surface area is 96.6 Å². The number of nitro groups is 1. The molecule has 0 spiro atoms. The molecule has 1 aromatic rings. The van der Waals surface area contributed by atoms with E-state index in [9.17, 15) is 20.3 Å². The minimum absolute atomic E-state index is 0.419. The molecule has 1 aliphatic heterocycles. The van der Waals surface area contributed by atoms with E-state index in [1.165, 1.54) is 12.4 Å². The molecule has 1 aromatic heterocycles. The van der Waals surface area contributed by atoms with E-state index < -0.39 is 35.4 Å². The highest BCUT2D eigenvalue weighted by atomic mass is 16.6. The maximum atomic E-state index is 10.7. The highest BCUT2D eigenvalue weighted by Gasteiger charge is 2.46. The van der Waals surface area contributed by atoms with Crippen molar-refractivity contribution >= 4 is 5.95 Å². The van der Waals surface area contributed by atoms with Crippen molar-refractivity contribution < 1.29 is 19.9 Å². The predicted octanol–water partition coefficient (Wildman–Crippen LogP) is -0.180. The van der Waals surface area contributed by atoms with Crippen LogP contribution in [0.3, 0.4) is 0 Å². The molecule has 2 heterocycles. The third-order valence-corrected chi connectivity index (χ3v) is 2.83. The van der Waals surface area contributed by atoms with Crippen molar-refractivity contribution in [3.63, 3.8) is 0 Å². The third kappa shape index (κ3) is 1.90. The number of hydrogen-bond donors (Lipinski definition) is 2. The van der Waals surface area contributed by atoms with E-state index >= 15 is 0 Å². The summed E-state index contributed by atoms with van der Waals surface area (Å²) in [7, 11) is 0. The average molecular weight is 243 g/mol. The van der Waals surface area contributed by atoms with Crippen LogP contribution >= 0.6 is 0 Å². The van der Waals surface area contributed by atoms with Gasteiger partial charge in [-0.25, -0.2) is 0 Å². The first kappa shape index (κ1) is 12.0. The first-order valence-corrected chi connectivity index (χ1v) is 5.25. The van der Waals surface area contributed by atoms with Gasteiger partial charge in [0.2, 0.25) is 6.23 Å². The molecule has 17 heavy (non-hydrogen) atoms. The number of ether oxygens (including phenoxy) is 1. The molecule has 0 aliphatic carbocycles. The lowest BCUT2D eigenvalue weighted by atomic mass is 10.1. The zero-order valence-corrected chi connectivity index (χ0v) is 9.13. The fraction of sp³-hybridized carbons (Fsp3) is 0.667. The van der Waals surface area contributed by atoms with Crippen LogP contribution < -0.4 is 0 Å². The zero-order valence-electron chi connectivity index (χ0n) is 9.13. The highest BCUT2D eigenvalue weighted by Crippen LogP contribution is 2.32. The second-order valence-electron chi connectivity index (χ2n) is 3.85. The Bertz CT molecular complexity index is 421. The van der Waals surface area contributed by atoms with Gasteiger partial charge >= 0.3 is 5.95 Å². The molecule has 8 heteroatoms. The van der Waals surface area contributed by atoms with Crippen molar-refractivity contribution in [2.75, 3.05) is 0 Å². The van der Waals surface area contributed by atoms with Crippen molar-refractivity contribution in [3.05, 3.63) is 22.5 Å². The summed E-state index contributed by atoms with van der Waals surface area (Å²) in [5, 5.41) is 30.2. The van der Waals surface area contributed by atoms with Crippen molar-refractivity contribution in [1.82, 2.24) is 9.55 Å². The Morgan fingerprint density at radius 3 is 2.82 bits per heavy atom. The SMILES string of the molecule is CCC1OC(n2ccnc2[N+](=O)[O-])[C@H](O)[C@H]1O. The summed E-state index contributed by atoms with van der Waals surface area (Å²) in [6.07, 6.45) is -0.650. The van der Waals surface area contributed by atoms with Crippen LogP contribution in [0.2, 0.25) is 0 Å². The lowest BCUT2D eigenvalue weighted by Gasteiger charge is -2.13. The van der Waals surface area contributed by atoms with Gasteiger partial charge in [0.1, 0.15) is 24.6 Å². The summed E-state index contributed by atoms with van der Waals surface area (Å²) >= 11 is 0. The maximum Gasteiger partial charge on any atom is 0.436 e. The Hall–Kier alpha value is -1.51. The van der Waals surface area contributed by atoms with Crippen LogP contribution in [-0.2, 0) is 4.74 Å². The Morgan fingerprint density at radius 1 is 1.59 bits per heavy atom. The van der Waals surface area contributed by atoms with Crippen LogP contribution in [0.25, 0.3) is 0 Å². The Morgan fingerprint density at radius 2 is 2.29 bits per heavy atom. The molecule has 0 radical (unpaired) electrons. The average Bonchev–Trinajstić information content (AvgIpc) is 2.86. The minimum Gasteiger partial charge on any atom is -0.390 e. The van der Waals surface area contributed by atoms with Gasteiger partial charge in [-0.05, 0) is 11.3 Å². The smallest absolute Gasteiger partial charge is 0.390 e. The van der Waals surface area contributed by atoms with E-state index in [-0.39, 0.29) is 0 Å². The molecule has 2 N–H and O–H groups in total. The van der Waals surface area contributed by atoms with E-state index in [0.29, 0.717) is 6.42 Å². The van der Waals surface area contributed by atoms with Gasteiger partial charge in [-0.3, -0.25) is 0 Å². The van der Waals surface area contributed by atoms with Gasteiger partial charge in [0.15, 0.2) is 0 Å². The van der Waals surface area contributed by atoms with Gasteiger partial charge < -0.3 is 25.1 Å². The standard InChI is InChI=1S/C9H13N3O5/c1-2-5-6(13)7(14)8(17-5)11-4-3-10-9(11)12(15)16/h3-8,13-14H,2H2,1H3/t5?,6-,7+,8?/m0/s1. The van der Waals surface area contributed by atoms with Gasteiger partial charge in [0.25, 0.3) is 0 Å². The molecular formula is C9H13N3O5. The number of aromatic nitrogens is 2. The number of nitrogens with zero attached hydrogens (tertiary/aromatic N) is 3. The Balaban J connectivity index is 2.29. The summed E-state index contributed by atoms with van der Waals surface area (Å²) in [4.78, 5) is 13.6. The second kappa shape index (κ2) is 4.40. The summed E-state index contributed by atoms with van der Waals surface area (Å²) in [5.74, 6) is -0.419. The first-order chi connectivity index (χ1) is 8.06. The van der Waals surface area contributed by atoms with Gasteiger partial charge in [0.05, 0.1) is 6.10 Å². The van der Waals surface area contributed by atoms with Crippen molar-refractivity contribution in [3.8, 4) is 0 Å². The van der Waals surface area contributed by atoms with Gasteiger partial charge in [-0.15, -0.1) is 0 Å². The lowest BCUT2D eigenvalue weighted by Crippen LogP contribution is -2.31. The van der Waals surface area contributed by atoms with Gasteiger partial charge in [-0.1, -0.05) is 11.9 Å². The van der Waals surface area contributed by atoms with Crippen molar-refractivity contribution in [2.45, 2.75) is 37.9 Å². The molecule has 0 bridgehead atoms. The lowest BCUT2D eigenvalue weighted by molar-refractivity contribution is -0.398. The van der Waals surface area contributed by atoms with Crippen molar-refractivity contribution in [2.24, 2.45) is 0 Å². The first-order valence-electron chi connectivity index (χ1n) is 5.25. The third-order valence-electron chi connectivity index (χ3n) is 2.83. The van der Waals surface area contributed by atoms with Crippen LogP contribution in [0, 0.1) is 10.1 Å². The topological polar surface area (TPSA) is 111 Å². The summed E-state index contributed by atoms with van der Waals surface area (Å²) < 4.78 is 6.50. The molecule has 94 valence electrons. The van der Waals surface area contributed by atoms with E-state index in [1.807, 2.05) is 0 Å². The van der Waals surface area contributed by atoms with Crippen LogP contribution in [0.5, 0.6) is 0 Å². The predicted molar refractivity (Wildman–Crippen MR) is 55.1 cm³/mol. The number of aliphatic hydroxyl groups excluding tert-OH is 2. The fourth-order valence-corrected chi connectivity index (χ4v) is 1.94. The normalized spacial score (nSPS) is 32.9.